The van der Waals surface area contributed by atoms with Crippen LogP contribution < -0.4 is 10.2 Å². The highest BCUT2D eigenvalue weighted by atomic mass is 16.2. The number of amides is 2. The molecule has 1 N–H and O–H groups in total. The fraction of sp³-hybridized carbons (Fsp3) is 0.500. The molecule has 0 fully saturated rings. The van der Waals surface area contributed by atoms with Gasteiger partial charge in [-0.05, 0) is 38.3 Å². The van der Waals surface area contributed by atoms with Crippen LogP contribution in [0.1, 0.15) is 32.8 Å². The first-order valence-corrected chi connectivity index (χ1v) is 6.31. The maximum atomic E-state index is 12.2. The van der Waals surface area contributed by atoms with Crippen molar-refractivity contribution in [2.45, 2.75) is 45.7 Å². The molecule has 1 aliphatic rings. The van der Waals surface area contributed by atoms with Crippen LogP contribution in [0, 0.1) is 0 Å². The van der Waals surface area contributed by atoms with Gasteiger partial charge in [0, 0.05) is 17.8 Å². The number of hydrogen-bond acceptors (Lipinski definition) is 1. The lowest BCUT2D eigenvalue weighted by Crippen LogP contribution is -2.46. The molecule has 0 aromatic heterocycles. The number of anilines is 1. The highest BCUT2D eigenvalue weighted by Gasteiger charge is 2.30. The SMILES string of the molecule is CCC(C)NC(=O)N1c2ccccc2CC1C. The number of nitrogens with zero attached hydrogens (tertiary/aromatic N) is 1. The minimum atomic E-state index is 0.0248. The van der Waals surface area contributed by atoms with E-state index in [2.05, 4.69) is 25.2 Å². The van der Waals surface area contributed by atoms with Gasteiger partial charge in [-0.15, -0.1) is 0 Å². The Hall–Kier alpha value is -1.51. The molecule has 2 rings (SSSR count). The molecule has 0 radical (unpaired) electrons. The van der Waals surface area contributed by atoms with Crippen LogP contribution in [0.2, 0.25) is 0 Å². The van der Waals surface area contributed by atoms with E-state index in [1.54, 1.807) is 0 Å². The van der Waals surface area contributed by atoms with E-state index in [9.17, 15) is 4.79 Å². The molecule has 1 aromatic rings. The number of benzene rings is 1. The fourth-order valence-electron chi connectivity index (χ4n) is 2.26. The van der Waals surface area contributed by atoms with E-state index in [0.29, 0.717) is 0 Å². The highest BCUT2D eigenvalue weighted by Crippen LogP contribution is 2.31. The third-order valence-corrected chi connectivity index (χ3v) is 3.41. The van der Waals surface area contributed by atoms with Crippen molar-refractivity contribution < 1.29 is 4.79 Å². The first kappa shape index (κ1) is 12.0. The van der Waals surface area contributed by atoms with Gasteiger partial charge in [0.2, 0.25) is 0 Å². The predicted molar refractivity (Wildman–Crippen MR) is 70.4 cm³/mol. The summed E-state index contributed by atoms with van der Waals surface area (Å²) in [5.41, 5.74) is 2.32. The zero-order valence-corrected chi connectivity index (χ0v) is 10.7. The molecule has 17 heavy (non-hydrogen) atoms. The molecule has 92 valence electrons. The number of rotatable bonds is 2. The number of carbonyl (C=O) groups excluding carboxylic acids is 1. The Balaban J connectivity index is 2.18. The van der Waals surface area contributed by atoms with E-state index in [0.717, 1.165) is 18.5 Å². The summed E-state index contributed by atoms with van der Waals surface area (Å²) in [6, 6.07) is 8.63. The summed E-state index contributed by atoms with van der Waals surface area (Å²) >= 11 is 0. The molecule has 0 bridgehead atoms. The van der Waals surface area contributed by atoms with Gasteiger partial charge in [-0.2, -0.15) is 0 Å². The van der Waals surface area contributed by atoms with Crippen molar-refractivity contribution in [3.05, 3.63) is 29.8 Å². The molecule has 0 saturated carbocycles. The number of urea groups is 1. The molecule has 0 spiro atoms. The summed E-state index contributed by atoms with van der Waals surface area (Å²) in [4.78, 5) is 14.1. The molecule has 3 nitrogen and oxygen atoms in total. The van der Waals surface area contributed by atoms with Gasteiger partial charge in [-0.25, -0.2) is 4.79 Å². The van der Waals surface area contributed by atoms with Crippen LogP contribution in [-0.2, 0) is 6.42 Å². The zero-order valence-electron chi connectivity index (χ0n) is 10.7. The summed E-state index contributed by atoms with van der Waals surface area (Å²) in [7, 11) is 0. The second-order valence-corrected chi connectivity index (χ2v) is 4.81. The topological polar surface area (TPSA) is 32.3 Å². The Morgan fingerprint density at radius 1 is 1.53 bits per heavy atom. The monoisotopic (exact) mass is 232 g/mol. The summed E-state index contributed by atoms with van der Waals surface area (Å²) in [6.45, 7) is 6.20. The summed E-state index contributed by atoms with van der Waals surface area (Å²) in [5, 5.41) is 3.03. The Labute approximate surface area is 103 Å². The Bertz CT molecular complexity index is 416. The minimum absolute atomic E-state index is 0.0248. The first-order valence-electron chi connectivity index (χ1n) is 6.31. The second-order valence-electron chi connectivity index (χ2n) is 4.81. The van der Waals surface area contributed by atoms with E-state index in [-0.39, 0.29) is 18.1 Å². The van der Waals surface area contributed by atoms with Crippen LogP contribution in [0.25, 0.3) is 0 Å². The van der Waals surface area contributed by atoms with Crippen LogP contribution >= 0.6 is 0 Å². The van der Waals surface area contributed by atoms with Gasteiger partial charge >= 0.3 is 6.03 Å². The van der Waals surface area contributed by atoms with Gasteiger partial charge in [-0.3, -0.25) is 4.90 Å². The largest absolute Gasteiger partial charge is 0.335 e. The van der Waals surface area contributed by atoms with Crippen LogP contribution in [-0.4, -0.2) is 18.1 Å². The van der Waals surface area contributed by atoms with Crippen molar-refractivity contribution in [3.8, 4) is 0 Å². The summed E-state index contributed by atoms with van der Waals surface area (Å²) in [6.07, 6.45) is 1.90. The third kappa shape index (κ3) is 2.28. The summed E-state index contributed by atoms with van der Waals surface area (Å²) < 4.78 is 0. The minimum Gasteiger partial charge on any atom is -0.335 e. The Morgan fingerprint density at radius 3 is 2.94 bits per heavy atom. The van der Waals surface area contributed by atoms with Crippen LogP contribution in [0.4, 0.5) is 10.5 Å². The van der Waals surface area contributed by atoms with Crippen molar-refractivity contribution in [2.24, 2.45) is 0 Å². The third-order valence-electron chi connectivity index (χ3n) is 3.41. The predicted octanol–water partition coefficient (Wildman–Crippen LogP) is 2.95. The Kier molecular flexibility index (Phi) is 3.36. The maximum Gasteiger partial charge on any atom is 0.322 e. The molecule has 0 aliphatic carbocycles. The smallest absolute Gasteiger partial charge is 0.322 e. The lowest BCUT2D eigenvalue weighted by Gasteiger charge is -2.25. The molecule has 1 heterocycles. The number of carbonyl (C=O) groups is 1. The average Bonchev–Trinajstić information content (AvgIpc) is 2.64. The number of para-hydroxylation sites is 1. The zero-order chi connectivity index (χ0) is 12.4. The van der Waals surface area contributed by atoms with Gasteiger partial charge < -0.3 is 5.32 Å². The van der Waals surface area contributed by atoms with E-state index in [1.165, 1.54) is 5.56 Å². The lowest BCUT2D eigenvalue weighted by atomic mass is 10.1. The first-order chi connectivity index (χ1) is 8.13. The quantitative estimate of drug-likeness (QED) is 0.835. The van der Waals surface area contributed by atoms with Crippen LogP contribution in [0.5, 0.6) is 0 Å². The molecular formula is C14H20N2O. The van der Waals surface area contributed by atoms with E-state index in [4.69, 9.17) is 0 Å². The average molecular weight is 232 g/mol. The van der Waals surface area contributed by atoms with Crippen molar-refractivity contribution in [1.82, 2.24) is 5.32 Å². The van der Waals surface area contributed by atoms with Crippen LogP contribution in [0.15, 0.2) is 24.3 Å². The van der Waals surface area contributed by atoms with E-state index < -0.39 is 0 Å². The fourth-order valence-corrected chi connectivity index (χ4v) is 2.26. The van der Waals surface area contributed by atoms with Gasteiger partial charge in [-0.1, -0.05) is 25.1 Å². The number of nitrogens with one attached hydrogen (secondary N) is 1. The molecule has 0 saturated heterocycles. The summed E-state index contributed by atoms with van der Waals surface area (Å²) in [5.74, 6) is 0. The molecule has 2 atom stereocenters. The highest BCUT2D eigenvalue weighted by molar-refractivity contribution is 5.95. The lowest BCUT2D eigenvalue weighted by molar-refractivity contribution is 0.241. The van der Waals surface area contributed by atoms with Gasteiger partial charge in [0.05, 0.1) is 0 Å². The second kappa shape index (κ2) is 4.78. The van der Waals surface area contributed by atoms with Gasteiger partial charge in [0.25, 0.3) is 0 Å². The Morgan fingerprint density at radius 2 is 2.24 bits per heavy atom. The number of hydrogen-bond donors (Lipinski definition) is 1. The standard InChI is InChI=1S/C14H20N2O/c1-4-10(2)15-14(17)16-11(3)9-12-7-5-6-8-13(12)16/h5-8,10-11H,4,9H2,1-3H3,(H,15,17). The van der Waals surface area contributed by atoms with Gasteiger partial charge in [0.1, 0.15) is 0 Å². The normalized spacial score (nSPS) is 19.9. The maximum absolute atomic E-state index is 12.2. The number of fused-ring (bicyclic) bond motifs is 1. The van der Waals surface area contributed by atoms with E-state index >= 15 is 0 Å². The van der Waals surface area contributed by atoms with Gasteiger partial charge in [0.15, 0.2) is 0 Å². The van der Waals surface area contributed by atoms with Crippen LogP contribution in [0.3, 0.4) is 0 Å². The van der Waals surface area contributed by atoms with Crippen molar-refractivity contribution >= 4 is 11.7 Å². The molecule has 1 aromatic carbocycles. The molecule has 2 unspecified atom stereocenters. The van der Waals surface area contributed by atoms with Crippen molar-refractivity contribution in [2.75, 3.05) is 4.90 Å². The molecule has 3 heteroatoms. The van der Waals surface area contributed by atoms with E-state index in [1.807, 2.05) is 30.0 Å². The molecular weight excluding hydrogens is 212 g/mol. The van der Waals surface area contributed by atoms with Crippen molar-refractivity contribution in [3.63, 3.8) is 0 Å². The van der Waals surface area contributed by atoms with Crippen molar-refractivity contribution in [1.29, 1.82) is 0 Å². The molecule has 1 aliphatic heterocycles. The molecule has 2 amide bonds.